The number of aliphatic hydroxyl groups excluding tert-OH is 1. The number of anilines is 1. The number of rotatable bonds is 11. The third-order valence-corrected chi connectivity index (χ3v) is 8.23. The molecule has 3 fully saturated rings. The zero-order valence-electron chi connectivity index (χ0n) is 21.5. The van der Waals surface area contributed by atoms with Crippen LogP contribution in [0.5, 0.6) is 0 Å². The van der Waals surface area contributed by atoms with Crippen molar-refractivity contribution in [1.82, 2.24) is 4.90 Å². The molecule has 4 rings (SSSR count). The van der Waals surface area contributed by atoms with Gasteiger partial charge in [-0.05, 0) is 51.2 Å². The molecular weight excluding hydrogens is 496 g/mol. The summed E-state index contributed by atoms with van der Waals surface area (Å²) in [6.45, 7) is 11.5. The number of likely N-dealkylation sites (tertiary alicyclic amines) is 1. The molecule has 2 bridgehead atoms. The Hall–Kier alpha value is -2.68. The number of benzene rings is 1. The molecular formula is C28H35ClN2O6. The van der Waals surface area contributed by atoms with Gasteiger partial charge in [-0.25, -0.2) is 0 Å². The van der Waals surface area contributed by atoms with Crippen LogP contribution in [0.2, 0.25) is 5.02 Å². The first kappa shape index (κ1) is 27.4. The molecule has 0 saturated carbocycles. The number of ether oxygens (including phenoxy) is 2. The highest BCUT2D eigenvalue weighted by Gasteiger charge is 2.78. The van der Waals surface area contributed by atoms with Crippen LogP contribution in [-0.4, -0.2) is 71.3 Å². The standard InChI is InChI=1S/C28H35ClN2O6/c1-5-7-17-36-26(35)21-20-24(33)31(15-9-16-32)23(28(20)13-12-27(21,4)37-28)25(34)30(14-6-2)22-18(3)10-8-11-19(22)29/h5-6,8,10-11,20-21,23,32H,1-2,7,9,12-17H2,3-4H3/t20-,21-,23?,27+,28?/m0/s1. The first-order valence-electron chi connectivity index (χ1n) is 12.7. The van der Waals surface area contributed by atoms with E-state index in [0.717, 1.165) is 5.56 Å². The highest BCUT2D eigenvalue weighted by molar-refractivity contribution is 6.34. The van der Waals surface area contributed by atoms with Gasteiger partial charge in [0.1, 0.15) is 17.6 Å². The number of nitrogens with zero attached hydrogens (tertiary/aromatic N) is 2. The molecule has 0 aliphatic carbocycles. The van der Waals surface area contributed by atoms with Gasteiger partial charge < -0.3 is 24.4 Å². The number of para-hydroxylation sites is 1. The van der Waals surface area contributed by atoms with Crippen LogP contribution in [0.3, 0.4) is 0 Å². The Labute approximate surface area is 222 Å². The summed E-state index contributed by atoms with van der Waals surface area (Å²) in [6, 6.07) is 4.40. The van der Waals surface area contributed by atoms with Gasteiger partial charge in [-0.1, -0.05) is 35.9 Å². The van der Waals surface area contributed by atoms with Crippen molar-refractivity contribution in [3.63, 3.8) is 0 Å². The van der Waals surface area contributed by atoms with E-state index in [1.54, 1.807) is 23.1 Å². The van der Waals surface area contributed by atoms with Crippen molar-refractivity contribution in [1.29, 1.82) is 0 Å². The monoisotopic (exact) mass is 530 g/mol. The number of hydrogen-bond donors (Lipinski definition) is 1. The average molecular weight is 531 g/mol. The van der Waals surface area contributed by atoms with E-state index in [4.69, 9.17) is 21.1 Å². The lowest BCUT2D eigenvalue weighted by atomic mass is 9.66. The third-order valence-electron chi connectivity index (χ3n) is 7.92. The van der Waals surface area contributed by atoms with E-state index in [0.29, 0.717) is 30.0 Å². The molecule has 0 aromatic heterocycles. The molecule has 1 N–H and O–H groups in total. The Morgan fingerprint density at radius 3 is 2.73 bits per heavy atom. The predicted molar refractivity (Wildman–Crippen MR) is 140 cm³/mol. The van der Waals surface area contributed by atoms with Crippen LogP contribution in [-0.2, 0) is 23.9 Å². The highest BCUT2D eigenvalue weighted by atomic mass is 35.5. The van der Waals surface area contributed by atoms with Gasteiger partial charge >= 0.3 is 5.97 Å². The Bertz CT molecular complexity index is 1090. The quantitative estimate of drug-likeness (QED) is 0.267. The van der Waals surface area contributed by atoms with Crippen LogP contribution in [0.1, 0.15) is 38.2 Å². The van der Waals surface area contributed by atoms with Crippen LogP contribution < -0.4 is 4.90 Å². The number of hydrogen-bond acceptors (Lipinski definition) is 6. The van der Waals surface area contributed by atoms with Crippen molar-refractivity contribution in [2.45, 2.75) is 56.8 Å². The van der Waals surface area contributed by atoms with Crippen LogP contribution in [0.15, 0.2) is 43.5 Å². The molecule has 2 amide bonds. The van der Waals surface area contributed by atoms with Crippen molar-refractivity contribution in [3.05, 3.63) is 54.1 Å². The summed E-state index contributed by atoms with van der Waals surface area (Å²) in [4.78, 5) is 44.7. The second-order valence-electron chi connectivity index (χ2n) is 10.2. The second kappa shape index (κ2) is 10.6. The lowest BCUT2D eigenvalue weighted by Gasteiger charge is -2.37. The van der Waals surface area contributed by atoms with Crippen LogP contribution >= 0.6 is 11.6 Å². The van der Waals surface area contributed by atoms with E-state index in [1.807, 2.05) is 26.0 Å². The summed E-state index contributed by atoms with van der Waals surface area (Å²) in [7, 11) is 0. The zero-order chi connectivity index (χ0) is 27.0. The first-order chi connectivity index (χ1) is 17.7. The number of aryl methyl sites for hydroxylation is 1. The second-order valence-corrected chi connectivity index (χ2v) is 10.6. The number of carbonyl (C=O) groups excluding carboxylic acids is 3. The lowest BCUT2D eigenvalue weighted by Crippen LogP contribution is -2.56. The molecule has 5 atom stereocenters. The Kier molecular flexibility index (Phi) is 7.83. The zero-order valence-corrected chi connectivity index (χ0v) is 22.2. The summed E-state index contributed by atoms with van der Waals surface area (Å²) in [5.74, 6) is -2.86. The molecule has 9 heteroatoms. The molecule has 1 aromatic rings. The molecule has 37 heavy (non-hydrogen) atoms. The smallest absolute Gasteiger partial charge is 0.312 e. The topological polar surface area (TPSA) is 96.4 Å². The summed E-state index contributed by atoms with van der Waals surface area (Å²) < 4.78 is 12.1. The van der Waals surface area contributed by atoms with Crippen LogP contribution in [0.4, 0.5) is 5.69 Å². The largest absolute Gasteiger partial charge is 0.465 e. The minimum Gasteiger partial charge on any atom is -0.465 e. The Morgan fingerprint density at radius 2 is 2.08 bits per heavy atom. The molecule has 3 heterocycles. The normalized spacial score (nSPS) is 29.8. The average Bonchev–Trinajstić information content (AvgIpc) is 3.42. The van der Waals surface area contributed by atoms with Crippen molar-refractivity contribution < 1.29 is 29.0 Å². The molecule has 0 radical (unpaired) electrons. The number of fused-ring (bicyclic) bond motifs is 1. The number of amides is 2. The molecule has 3 aliphatic rings. The SMILES string of the molecule is C=CCCOC(=O)[C@@H]1[C@H]2C(=O)N(CCCO)C(C(=O)N(CC=C)c3c(C)cccc3Cl)C23CC[C@@]1(C)O3. The predicted octanol–water partition coefficient (Wildman–Crippen LogP) is 3.43. The van der Waals surface area contributed by atoms with Gasteiger partial charge in [0.2, 0.25) is 5.91 Å². The van der Waals surface area contributed by atoms with Crippen LogP contribution in [0.25, 0.3) is 0 Å². The van der Waals surface area contributed by atoms with Gasteiger partial charge in [0, 0.05) is 19.7 Å². The molecule has 3 saturated heterocycles. The minimum absolute atomic E-state index is 0.145. The fourth-order valence-electron chi connectivity index (χ4n) is 6.41. The van der Waals surface area contributed by atoms with E-state index in [1.165, 1.54) is 4.90 Å². The van der Waals surface area contributed by atoms with E-state index >= 15 is 0 Å². The van der Waals surface area contributed by atoms with Gasteiger partial charge in [-0.15, -0.1) is 13.2 Å². The minimum atomic E-state index is -1.19. The fourth-order valence-corrected chi connectivity index (χ4v) is 6.73. The fraction of sp³-hybridized carbons (Fsp3) is 0.536. The number of carbonyl (C=O) groups is 3. The van der Waals surface area contributed by atoms with E-state index < -0.39 is 35.0 Å². The Balaban J connectivity index is 1.78. The van der Waals surface area contributed by atoms with Gasteiger partial charge in [0.25, 0.3) is 5.91 Å². The molecule has 3 aliphatic heterocycles. The summed E-state index contributed by atoms with van der Waals surface area (Å²) in [5, 5.41) is 9.94. The Morgan fingerprint density at radius 1 is 1.32 bits per heavy atom. The van der Waals surface area contributed by atoms with Crippen LogP contribution in [0, 0.1) is 18.8 Å². The summed E-state index contributed by atoms with van der Waals surface area (Å²) in [6.07, 6.45) is 5.02. The number of halogens is 1. The molecule has 8 nitrogen and oxygen atoms in total. The van der Waals surface area contributed by atoms with Crippen molar-refractivity contribution >= 4 is 35.1 Å². The maximum absolute atomic E-state index is 14.4. The molecule has 2 unspecified atom stereocenters. The van der Waals surface area contributed by atoms with E-state index in [9.17, 15) is 19.5 Å². The molecule has 1 spiro atoms. The first-order valence-corrected chi connectivity index (χ1v) is 13.1. The highest BCUT2D eigenvalue weighted by Crippen LogP contribution is 2.63. The van der Waals surface area contributed by atoms with Gasteiger partial charge in [-0.3, -0.25) is 14.4 Å². The van der Waals surface area contributed by atoms with Crippen molar-refractivity contribution in [2.75, 3.05) is 31.2 Å². The number of aliphatic hydroxyl groups is 1. The van der Waals surface area contributed by atoms with E-state index in [-0.39, 0.29) is 44.5 Å². The lowest BCUT2D eigenvalue weighted by molar-refractivity contribution is -0.159. The molecule has 1 aromatic carbocycles. The van der Waals surface area contributed by atoms with Gasteiger partial charge in [0.05, 0.1) is 28.8 Å². The van der Waals surface area contributed by atoms with Gasteiger partial charge in [-0.2, -0.15) is 0 Å². The van der Waals surface area contributed by atoms with Crippen molar-refractivity contribution in [2.24, 2.45) is 11.8 Å². The number of esters is 1. The van der Waals surface area contributed by atoms with Gasteiger partial charge in [0.15, 0.2) is 0 Å². The maximum Gasteiger partial charge on any atom is 0.312 e. The molecule has 200 valence electrons. The maximum atomic E-state index is 14.4. The third kappa shape index (κ3) is 4.39. The summed E-state index contributed by atoms with van der Waals surface area (Å²) in [5.41, 5.74) is -0.760. The van der Waals surface area contributed by atoms with Crippen molar-refractivity contribution in [3.8, 4) is 0 Å². The summed E-state index contributed by atoms with van der Waals surface area (Å²) >= 11 is 6.55. The van der Waals surface area contributed by atoms with E-state index in [2.05, 4.69) is 13.2 Å².